The Kier molecular flexibility index (Phi) is 21.9. The van der Waals surface area contributed by atoms with Gasteiger partial charge in [0.1, 0.15) is 5.82 Å². The molecule has 1 aromatic carbocycles. The third-order valence-electron chi connectivity index (χ3n) is 14.0. The molecule has 10 rings (SSSR count). The van der Waals surface area contributed by atoms with Crippen molar-refractivity contribution >= 4 is 54.4 Å². The van der Waals surface area contributed by atoms with E-state index in [1.807, 2.05) is 61.6 Å². The number of rotatable bonds is 10. The number of hydrogen-bond donors (Lipinski definition) is 0. The zero-order valence-electron chi connectivity index (χ0n) is 51.7. The second kappa shape index (κ2) is 28.2. The van der Waals surface area contributed by atoms with Crippen LogP contribution in [-0.2, 0) is 0 Å². The largest absolute Gasteiger partial charge is 0.260 e. The third-order valence-corrected chi connectivity index (χ3v) is 14.0. The van der Waals surface area contributed by atoms with E-state index in [-0.39, 0.29) is 0 Å². The van der Waals surface area contributed by atoms with Gasteiger partial charge in [0.25, 0.3) is 0 Å². The van der Waals surface area contributed by atoms with E-state index in [4.69, 9.17) is 0 Å². The Bertz CT molecular complexity index is 3060. The average molecular weight is 1070 g/mol. The predicted octanol–water partition coefficient (Wildman–Crippen LogP) is 18.8. The zero-order chi connectivity index (χ0) is 58.5. The molecule has 0 unspecified atom stereocenters. The van der Waals surface area contributed by atoms with Gasteiger partial charge in [-0.05, 0) is 124 Å². The van der Waals surface area contributed by atoms with Crippen LogP contribution in [-0.4, -0.2) is 55.1 Å². The van der Waals surface area contributed by atoms with Crippen molar-refractivity contribution in [1.29, 1.82) is 0 Å². The predicted molar refractivity (Wildman–Crippen MR) is 336 cm³/mol. The molecule has 0 saturated carbocycles. The second-order valence-electron chi connectivity index (χ2n) is 24.0. The summed E-state index contributed by atoms with van der Waals surface area (Å²) < 4.78 is 0. The molecular weight excluding hydrogens is 983 g/mol. The molecule has 11 nitrogen and oxygen atoms in total. The van der Waals surface area contributed by atoms with Crippen LogP contribution in [0.3, 0.4) is 0 Å². The number of pyridine rings is 7. The molecule has 0 bridgehead atoms. The lowest BCUT2D eigenvalue weighted by atomic mass is 9.99. The molecule has 0 atom stereocenters. The van der Waals surface area contributed by atoms with Crippen LogP contribution in [0.25, 0.3) is 54.4 Å². The van der Waals surface area contributed by atoms with E-state index in [1.54, 1.807) is 0 Å². The fraction of sp³-hybridized carbons (Fsp3) is 0.435. The summed E-state index contributed by atoms with van der Waals surface area (Å²) in [5.41, 5.74) is 14.5. The van der Waals surface area contributed by atoms with Gasteiger partial charge in [-0.25, -0.2) is 9.97 Å². The highest BCUT2D eigenvalue weighted by molar-refractivity contribution is 5.85. The van der Waals surface area contributed by atoms with Gasteiger partial charge in [-0.15, -0.1) is 5.10 Å². The lowest BCUT2D eigenvalue weighted by Crippen LogP contribution is -2.00. The van der Waals surface area contributed by atoms with Gasteiger partial charge in [0.05, 0.1) is 50.5 Å². The molecule has 0 aliphatic heterocycles. The summed E-state index contributed by atoms with van der Waals surface area (Å²) in [6.07, 6.45) is 13.3. The summed E-state index contributed by atoms with van der Waals surface area (Å²) in [6, 6.07) is 25.2. The van der Waals surface area contributed by atoms with Crippen molar-refractivity contribution < 1.29 is 0 Å². The van der Waals surface area contributed by atoms with Gasteiger partial charge in [-0.2, -0.15) is 5.10 Å². The fourth-order valence-corrected chi connectivity index (χ4v) is 9.18. The highest BCUT2D eigenvalue weighted by atomic mass is 15.1. The van der Waals surface area contributed by atoms with Crippen molar-refractivity contribution in [1.82, 2.24) is 55.1 Å². The van der Waals surface area contributed by atoms with Gasteiger partial charge in [0.2, 0.25) is 0 Å². The number of nitrogens with zero attached hydrogens (tertiary/aromatic N) is 11. The number of hydrogen-bond acceptors (Lipinski definition) is 11. The minimum Gasteiger partial charge on any atom is -0.260 e. The van der Waals surface area contributed by atoms with Gasteiger partial charge < -0.3 is 0 Å². The van der Waals surface area contributed by atoms with Crippen LogP contribution >= 0.6 is 0 Å². The van der Waals surface area contributed by atoms with Crippen LogP contribution in [0.2, 0.25) is 0 Å². The number of fused-ring (bicyclic) bond motifs is 5. The standard InChI is InChI=1S/4C14H18N2.C13H17N3/c1-9(2)13-7-11-5-6-15-14(10(3)4)12(11)8-16-13;1-9(2)12-7-11-5-6-15-13(10(3)4)14(11)16-8-12;1-9(2)12-6-5-11-13(16-12)7-8-15-14(11)10(3)4;1-9(2)12-7-5-6-11-8-13(10(3)4)15-16-14(11)12;1-8(2)12-10-7-15-13(9(3)4)16-11(10)5-6-14-12/h4*5-10H,1-4H3;5-9H,1-4H3. The van der Waals surface area contributed by atoms with Crippen LogP contribution in [0.1, 0.15) is 254 Å². The molecule has 0 aliphatic carbocycles. The summed E-state index contributed by atoms with van der Waals surface area (Å²) in [5.74, 6) is 5.34. The van der Waals surface area contributed by atoms with Crippen molar-refractivity contribution in [2.75, 3.05) is 0 Å². The van der Waals surface area contributed by atoms with E-state index in [9.17, 15) is 0 Å². The van der Waals surface area contributed by atoms with E-state index in [1.165, 1.54) is 38.1 Å². The van der Waals surface area contributed by atoms with Gasteiger partial charge in [-0.3, -0.25) is 34.9 Å². The van der Waals surface area contributed by atoms with Crippen LogP contribution in [0, 0.1) is 0 Å². The van der Waals surface area contributed by atoms with Crippen LogP contribution in [0.4, 0.5) is 0 Å². The third kappa shape index (κ3) is 15.8. The second-order valence-corrected chi connectivity index (χ2v) is 24.0. The molecule has 0 amide bonds. The highest BCUT2D eigenvalue weighted by Crippen LogP contribution is 2.29. The highest BCUT2D eigenvalue weighted by Gasteiger charge is 2.14. The topological polar surface area (TPSA) is 142 Å². The molecule has 0 aliphatic rings. The van der Waals surface area contributed by atoms with Gasteiger partial charge in [0, 0.05) is 87.6 Å². The molecule has 10 aromatic rings. The van der Waals surface area contributed by atoms with E-state index in [2.05, 4.69) is 248 Å². The lowest BCUT2D eigenvalue weighted by Gasteiger charge is -2.10. The average Bonchev–Trinajstić information content (AvgIpc) is 3.49. The normalized spacial score (nSPS) is 11.6. The molecular formula is C69H89N11. The Morgan fingerprint density at radius 3 is 1.38 bits per heavy atom. The molecule has 11 heteroatoms. The van der Waals surface area contributed by atoms with Crippen LogP contribution in [0.5, 0.6) is 0 Å². The fourth-order valence-electron chi connectivity index (χ4n) is 9.18. The Hall–Kier alpha value is -7.27. The van der Waals surface area contributed by atoms with Gasteiger partial charge in [-0.1, -0.05) is 157 Å². The number of benzene rings is 1. The van der Waals surface area contributed by atoms with Crippen molar-refractivity contribution in [3.8, 4) is 0 Å². The van der Waals surface area contributed by atoms with Gasteiger partial charge in [0.15, 0.2) is 0 Å². The van der Waals surface area contributed by atoms with E-state index >= 15 is 0 Å². The maximum Gasteiger partial charge on any atom is 0.131 e. The molecule has 0 N–H and O–H groups in total. The summed E-state index contributed by atoms with van der Waals surface area (Å²) >= 11 is 0. The smallest absolute Gasteiger partial charge is 0.131 e. The summed E-state index contributed by atoms with van der Waals surface area (Å²) in [6.45, 7) is 43.1. The Labute approximate surface area is 477 Å². The quantitative estimate of drug-likeness (QED) is 0.129. The monoisotopic (exact) mass is 1070 g/mol. The summed E-state index contributed by atoms with van der Waals surface area (Å²) in [5, 5.41) is 15.8. The summed E-state index contributed by atoms with van der Waals surface area (Å²) in [4.78, 5) is 40.4. The minimum atomic E-state index is 0.361. The first-order valence-electron chi connectivity index (χ1n) is 29.1. The Morgan fingerprint density at radius 2 is 0.812 bits per heavy atom. The molecule has 420 valence electrons. The molecule has 80 heavy (non-hydrogen) atoms. The first-order chi connectivity index (χ1) is 38.0. The van der Waals surface area contributed by atoms with Crippen molar-refractivity contribution in [3.05, 3.63) is 173 Å². The molecule has 0 radical (unpaired) electrons. The molecule has 0 saturated heterocycles. The van der Waals surface area contributed by atoms with Crippen LogP contribution in [0.15, 0.2) is 116 Å². The maximum atomic E-state index is 4.68. The van der Waals surface area contributed by atoms with E-state index < -0.39 is 0 Å². The SMILES string of the molecule is CC(C)c1cc2cccc(C(C)C)c2nn1.CC(C)c1cc2ccnc(C(C)C)c2cn1.CC(C)c1ccc2c(C(C)C)nccc2n1.CC(C)c1cnc2c(C(C)C)nccc2c1.CC(C)c1ncc2c(C(C)C)nccc2n1. The van der Waals surface area contributed by atoms with E-state index in [0.29, 0.717) is 59.2 Å². The van der Waals surface area contributed by atoms with Gasteiger partial charge >= 0.3 is 0 Å². The number of aromatic nitrogens is 11. The minimum absolute atomic E-state index is 0.361. The lowest BCUT2D eigenvalue weighted by molar-refractivity contribution is 0.779. The van der Waals surface area contributed by atoms with Crippen molar-refractivity contribution in [3.63, 3.8) is 0 Å². The Balaban J connectivity index is 0.000000161. The van der Waals surface area contributed by atoms with Crippen molar-refractivity contribution in [2.24, 2.45) is 0 Å². The zero-order valence-corrected chi connectivity index (χ0v) is 51.7. The first kappa shape index (κ1) is 61.9. The maximum absolute atomic E-state index is 4.68. The molecule has 0 fully saturated rings. The van der Waals surface area contributed by atoms with Crippen molar-refractivity contribution in [2.45, 2.75) is 198 Å². The molecule has 9 aromatic heterocycles. The molecule has 0 spiro atoms. The summed E-state index contributed by atoms with van der Waals surface area (Å²) in [7, 11) is 0. The Morgan fingerprint density at radius 1 is 0.300 bits per heavy atom. The van der Waals surface area contributed by atoms with E-state index in [0.717, 1.165) is 73.1 Å². The first-order valence-corrected chi connectivity index (χ1v) is 29.1. The molecule has 9 heterocycles. The van der Waals surface area contributed by atoms with Crippen LogP contribution < -0.4 is 0 Å².